The molecular formula is C15H32N2O2. The Hall–Kier alpha value is -0.160. The molecule has 114 valence electrons. The van der Waals surface area contributed by atoms with Gasteiger partial charge in [0.05, 0.1) is 0 Å². The Bertz CT molecular complexity index is 228. The number of rotatable bonds is 9. The highest BCUT2D eigenvalue weighted by atomic mass is 16.5. The second-order valence-corrected chi connectivity index (χ2v) is 6.23. The van der Waals surface area contributed by atoms with Crippen molar-refractivity contribution in [3.8, 4) is 0 Å². The molecular weight excluding hydrogens is 240 g/mol. The molecule has 0 aromatic heterocycles. The summed E-state index contributed by atoms with van der Waals surface area (Å²) >= 11 is 0. The van der Waals surface area contributed by atoms with Crippen LogP contribution in [0.25, 0.3) is 0 Å². The molecule has 0 bridgehead atoms. The maximum absolute atomic E-state index is 5.55. The Morgan fingerprint density at radius 2 is 2.00 bits per heavy atom. The van der Waals surface area contributed by atoms with E-state index in [4.69, 9.17) is 9.47 Å². The SMILES string of the molecule is COCCCN(C)CC1(CNC(C)C)CCOCC1. The minimum Gasteiger partial charge on any atom is -0.385 e. The molecule has 1 N–H and O–H groups in total. The smallest absolute Gasteiger partial charge is 0.0474 e. The maximum atomic E-state index is 5.55. The van der Waals surface area contributed by atoms with Crippen LogP contribution in [0.4, 0.5) is 0 Å². The highest BCUT2D eigenvalue weighted by molar-refractivity contribution is 4.87. The summed E-state index contributed by atoms with van der Waals surface area (Å²) < 4.78 is 10.7. The third-order valence-corrected chi connectivity index (χ3v) is 3.93. The van der Waals surface area contributed by atoms with Crippen molar-refractivity contribution in [2.45, 2.75) is 39.2 Å². The Kier molecular flexibility index (Phi) is 7.91. The number of nitrogens with zero attached hydrogens (tertiary/aromatic N) is 1. The molecule has 1 saturated heterocycles. The van der Waals surface area contributed by atoms with Crippen LogP contribution < -0.4 is 5.32 Å². The fourth-order valence-corrected chi connectivity index (χ4v) is 2.75. The van der Waals surface area contributed by atoms with Gasteiger partial charge < -0.3 is 19.7 Å². The van der Waals surface area contributed by atoms with Crippen LogP contribution in [-0.4, -0.2) is 64.6 Å². The lowest BCUT2D eigenvalue weighted by atomic mass is 9.79. The van der Waals surface area contributed by atoms with E-state index in [0.29, 0.717) is 11.5 Å². The normalized spacial score (nSPS) is 19.3. The highest BCUT2D eigenvalue weighted by Crippen LogP contribution is 2.30. The first kappa shape index (κ1) is 16.9. The number of methoxy groups -OCH3 is 1. The van der Waals surface area contributed by atoms with Crippen molar-refractivity contribution in [2.75, 3.05) is 53.6 Å². The van der Waals surface area contributed by atoms with Gasteiger partial charge in [-0.2, -0.15) is 0 Å². The molecule has 1 aliphatic rings. The van der Waals surface area contributed by atoms with Gasteiger partial charge in [-0.15, -0.1) is 0 Å². The quantitative estimate of drug-likeness (QED) is 0.648. The molecule has 0 unspecified atom stereocenters. The van der Waals surface area contributed by atoms with Gasteiger partial charge in [-0.3, -0.25) is 0 Å². The fourth-order valence-electron chi connectivity index (χ4n) is 2.75. The van der Waals surface area contributed by atoms with Gasteiger partial charge in [-0.25, -0.2) is 0 Å². The van der Waals surface area contributed by atoms with E-state index in [1.165, 1.54) is 12.8 Å². The van der Waals surface area contributed by atoms with Crippen molar-refractivity contribution < 1.29 is 9.47 Å². The molecule has 0 aliphatic carbocycles. The zero-order valence-corrected chi connectivity index (χ0v) is 13.2. The maximum Gasteiger partial charge on any atom is 0.0474 e. The van der Waals surface area contributed by atoms with Gasteiger partial charge in [0.2, 0.25) is 0 Å². The first-order chi connectivity index (χ1) is 9.08. The van der Waals surface area contributed by atoms with Crippen molar-refractivity contribution in [2.24, 2.45) is 5.41 Å². The van der Waals surface area contributed by atoms with E-state index in [1.54, 1.807) is 7.11 Å². The molecule has 1 rings (SSSR count). The van der Waals surface area contributed by atoms with Crippen molar-refractivity contribution in [3.05, 3.63) is 0 Å². The zero-order valence-electron chi connectivity index (χ0n) is 13.2. The molecule has 19 heavy (non-hydrogen) atoms. The van der Waals surface area contributed by atoms with Gasteiger partial charge in [0, 0.05) is 52.6 Å². The predicted molar refractivity (Wildman–Crippen MR) is 79.6 cm³/mol. The minimum atomic E-state index is 0.379. The Balaban J connectivity index is 2.43. The second kappa shape index (κ2) is 8.90. The molecule has 0 aromatic carbocycles. The van der Waals surface area contributed by atoms with E-state index in [0.717, 1.165) is 45.9 Å². The first-order valence-electron chi connectivity index (χ1n) is 7.57. The van der Waals surface area contributed by atoms with Crippen LogP contribution in [0.5, 0.6) is 0 Å². The molecule has 0 aromatic rings. The summed E-state index contributed by atoms with van der Waals surface area (Å²) in [6.45, 7) is 10.5. The summed E-state index contributed by atoms with van der Waals surface area (Å²) in [6, 6.07) is 0.554. The summed E-state index contributed by atoms with van der Waals surface area (Å²) in [5, 5.41) is 3.62. The number of hydrogen-bond acceptors (Lipinski definition) is 4. The average Bonchev–Trinajstić information content (AvgIpc) is 2.38. The zero-order chi connectivity index (χ0) is 14.1. The molecule has 4 nitrogen and oxygen atoms in total. The lowest BCUT2D eigenvalue weighted by Gasteiger charge is -2.40. The topological polar surface area (TPSA) is 33.7 Å². The first-order valence-corrected chi connectivity index (χ1v) is 7.57. The summed E-state index contributed by atoms with van der Waals surface area (Å²) in [5.74, 6) is 0. The third-order valence-electron chi connectivity index (χ3n) is 3.93. The lowest BCUT2D eigenvalue weighted by Crippen LogP contribution is -2.48. The van der Waals surface area contributed by atoms with E-state index in [2.05, 4.69) is 31.1 Å². The number of ether oxygens (including phenoxy) is 2. The highest BCUT2D eigenvalue weighted by Gasteiger charge is 2.33. The van der Waals surface area contributed by atoms with Crippen LogP contribution in [0.3, 0.4) is 0 Å². The molecule has 0 amide bonds. The molecule has 0 saturated carbocycles. The van der Waals surface area contributed by atoms with Crippen LogP contribution in [0, 0.1) is 5.41 Å². The van der Waals surface area contributed by atoms with Crippen LogP contribution in [-0.2, 0) is 9.47 Å². The molecule has 4 heteroatoms. The Labute approximate surface area is 118 Å². The van der Waals surface area contributed by atoms with Crippen molar-refractivity contribution in [3.63, 3.8) is 0 Å². The van der Waals surface area contributed by atoms with Gasteiger partial charge in [0.15, 0.2) is 0 Å². The van der Waals surface area contributed by atoms with Gasteiger partial charge in [0.1, 0.15) is 0 Å². The number of nitrogens with one attached hydrogen (secondary N) is 1. The van der Waals surface area contributed by atoms with E-state index >= 15 is 0 Å². The van der Waals surface area contributed by atoms with Crippen LogP contribution >= 0.6 is 0 Å². The third kappa shape index (κ3) is 6.70. The fraction of sp³-hybridized carbons (Fsp3) is 1.00. The molecule has 1 heterocycles. The average molecular weight is 272 g/mol. The van der Waals surface area contributed by atoms with Crippen molar-refractivity contribution in [1.82, 2.24) is 10.2 Å². The molecule has 0 atom stereocenters. The van der Waals surface area contributed by atoms with Crippen LogP contribution in [0.15, 0.2) is 0 Å². The number of hydrogen-bond donors (Lipinski definition) is 1. The van der Waals surface area contributed by atoms with Gasteiger partial charge in [0.25, 0.3) is 0 Å². The van der Waals surface area contributed by atoms with E-state index in [1.807, 2.05) is 0 Å². The van der Waals surface area contributed by atoms with Crippen LogP contribution in [0.1, 0.15) is 33.1 Å². The summed E-state index contributed by atoms with van der Waals surface area (Å²) in [7, 11) is 3.99. The van der Waals surface area contributed by atoms with Gasteiger partial charge >= 0.3 is 0 Å². The Morgan fingerprint density at radius 1 is 1.32 bits per heavy atom. The lowest BCUT2D eigenvalue weighted by molar-refractivity contribution is -0.00222. The van der Waals surface area contributed by atoms with Crippen molar-refractivity contribution >= 4 is 0 Å². The van der Waals surface area contributed by atoms with Crippen LogP contribution in [0.2, 0.25) is 0 Å². The van der Waals surface area contributed by atoms with E-state index in [-0.39, 0.29) is 0 Å². The van der Waals surface area contributed by atoms with Crippen molar-refractivity contribution in [1.29, 1.82) is 0 Å². The summed E-state index contributed by atoms with van der Waals surface area (Å²) in [6.07, 6.45) is 3.44. The monoisotopic (exact) mass is 272 g/mol. The van der Waals surface area contributed by atoms with E-state index in [9.17, 15) is 0 Å². The summed E-state index contributed by atoms with van der Waals surface area (Å²) in [4.78, 5) is 2.45. The predicted octanol–water partition coefficient (Wildman–Crippen LogP) is 1.75. The Morgan fingerprint density at radius 3 is 2.58 bits per heavy atom. The molecule has 0 spiro atoms. The van der Waals surface area contributed by atoms with E-state index < -0.39 is 0 Å². The summed E-state index contributed by atoms with van der Waals surface area (Å²) in [5.41, 5.74) is 0.379. The largest absolute Gasteiger partial charge is 0.385 e. The second-order valence-electron chi connectivity index (χ2n) is 6.23. The molecule has 1 fully saturated rings. The van der Waals surface area contributed by atoms with Gasteiger partial charge in [-0.1, -0.05) is 13.8 Å². The standard InChI is InChI=1S/C15H32N2O2/c1-14(2)16-12-15(6-10-19-11-7-15)13-17(3)8-5-9-18-4/h14,16H,5-13H2,1-4H3. The van der Waals surface area contributed by atoms with Gasteiger partial charge in [-0.05, 0) is 31.7 Å². The molecule has 1 aliphatic heterocycles. The minimum absolute atomic E-state index is 0.379. The molecule has 0 radical (unpaired) electrons.